The molecule has 0 bridgehead atoms. The molecule has 0 amide bonds. The first kappa shape index (κ1) is 18.1. The van der Waals surface area contributed by atoms with Crippen LogP contribution in [0.4, 0.5) is 0 Å². The second kappa shape index (κ2) is 6.68. The van der Waals surface area contributed by atoms with Crippen molar-refractivity contribution >= 4 is 33.2 Å². The first-order valence-corrected chi connectivity index (χ1v) is 9.31. The number of hydrogen-bond donors (Lipinski definition) is 1. The van der Waals surface area contributed by atoms with E-state index >= 15 is 0 Å². The van der Waals surface area contributed by atoms with Crippen molar-refractivity contribution in [1.29, 1.82) is 0 Å². The fourth-order valence-electron chi connectivity index (χ4n) is 3.33. The van der Waals surface area contributed by atoms with Crippen LogP contribution in [0.1, 0.15) is 40.4 Å². The molecule has 1 aliphatic rings. The summed E-state index contributed by atoms with van der Waals surface area (Å²) in [6, 6.07) is 8.20. The Kier molecular flexibility index (Phi) is 4.31. The quantitative estimate of drug-likeness (QED) is 0.366. The van der Waals surface area contributed by atoms with Crippen molar-refractivity contribution in [3.63, 3.8) is 0 Å². The van der Waals surface area contributed by atoms with Gasteiger partial charge in [0.2, 0.25) is 0 Å². The monoisotopic (exact) mass is 398 g/mol. The molecule has 0 radical (unpaired) electrons. The third-order valence-electron chi connectivity index (χ3n) is 5.00. The summed E-state index contributed by atoms with van der Waals surface area (Å²) in [7, 11) is 0. The van der Waals surface area contributed by atoms with Crippen LogP contribution in [0.3, 0.4) is 0 Å². The van der Waals surface area contributed by atoms with E-state index in [1.54, 1.807) is 48.1 Å². The number of carbonyl (C=O) groups excluding carboxylic acids is 1. The molecule has 3 aromatic rings. The number of ketones is 1. The van der Waals surface area contributed by atoms with E-state index < -0.39 is 22.6 Å². The molecule has 1 saturated carbocycles. The van der Waals surface area contributed by atoms with E-state index in [-0.39, 0.29) is 5.78 Å². The lowest BCUT2D eigenvalue weighted by Gasteiger charge is -2.22. The second-order valence-electron chi connectivity index (χ2n) is 6.64. The maximum absolute atomic E-state index is 12.7. The number of thiophene rings is 1. The molecule has 1 atom stereocenters. The Hall–Kier alpha value is -3.33. The molecule has 9 heteroatoms. The molecule has 2 aromatic heterocycles. The number of benzene rings is 1. The molecule has 8 nitrogen and oxygen atoms in total. The molecule has 0 spiro atoms. The van der Waals surface area contributed by atoms with E-state index in [9.17, 15) is 24.8 Å². The van der Waals surface area contributed by atoms with Gasteiger partial charge in [0, 0.05) is 39.0 Å². The topological polar surface area (TPSA) is 120 Å². The van der Waals surface area contributed by atoms with Gasteiger partial charge in [-0.2, -0.15) is 0 Å². The number of aliphatic carboxylic acids is 1. The van der Waals surface area contributed by atoms with Crippen LogP contribution in [-0.2, 0) is 9.63 Å². The molecule has 1 N–H and O–H groups in total. The third kappa shape index (κ3) is 2.99. The van der Waals surface area contributed by atoms with Crippen LogP contribution in [0, 0.1) is 15.5 Å². The van der Waals surface area contributed by atoms with Gasteiger partial charge in [-0.1, -0.05) is 12.1 Å². The number of fused-ring (bicyclic) bond motifs is 1. The van der Waals surface area contributed by atoms with Crippen LogP contribution in [0.5, 0.6) is 0 Å². The molecule has 0 saturated heterocycles. The van der Waals surface area contributed by atoms with Crippen LogP contribution in [0.2, 0.25) is 0 Å². The number of carboxylic acids is 1. The molecule has 142 valence electrons. The Morgan fingerprint density at radius 1 is 1.25 bits per heavy atom. The average molecular weight is 398 g/mol. The molecule has 1 unspecified atom stereocenters. The number of pyridine rings is 1. The minimum atomic E-state index is -1.28. The molecule has 2 heterocycles. The van der Waals surface area contributed by atoms with Gasteiger partial charge in [0.25, 0.3) is 5.09 Å². The second-order valence-corrected chi connectivity index (χ2v) is 7.55. The predicted molar refractivity (Wildman–Crippen MR) is 99.6 cm³/mol. The van der Waals surface area contributed by atoms with Crippen molar-refractivity contribution in [3.8, 4) is 0 Å². The lowest BCUT2D eigenvalue weighted by molar-refractivity contribution is -0.773. The number of hydrogen-bond acceptors (Lipinski definition) is 7. The van der Waals surface area contributed by atoms with Gasteiger partial charge >= 0.3 is 5.97 Å². The van der Waals surface area contributed by atoms with Crippen molar-refractivity contribution in [2.24, 2.45) is 5.41 Å². The van der Waals surface area contributed by atoms with Crippen molar-refractivity contribution < 1.29 is 24.6 Å². The van der Waals surface area contributed by atoms with Crippen LogP contribution in [0.15, 0.2) is 48.1 Å². The van der Waals surface area contributed by atoms with Gasteiger partial charge in [-0.25, -0.2) is 0 Å². The Balaban J connectivity index is 1.73. The van der Waals surface area contributed by atoms with E-state index in [0.29, 0.717) is 34.9 Å². The van der Waals surface area contributed by atoms with Crippen molar-refractivity contribution in [2.75, 3.05) is 0 Å². The van der Waals surface area contributed by atoms with Gasteiger partial charge < -0.3 is 9.94 Å². The first-order valence-electron chi connectivity index (χ1n) is 8.43. The summed E-state index contributed by atoms with van der Waals surface area (Å²) >= 11 is 1.32. The Bertz CT molecular complexity index is 1090. The standard InChI is InChI=1S/C19H14N2O6S/c22-16(11-3-7-20-8-4-11)14-10-28-15-9-12(1-2-13(14)15)17(27-21(25)26)19(5-6-19)18(23)24/h1-4,7-10,17H,5-6H2,(H,23,24). The summed E-state index contributed by atoms with van der Waals surface area (Å²) < 4.78 is 0.730. The summed E-state index contributed by atoms with van der Waals surface area (Å²) in [4.78, 5) is 44.0. The van der Waals surface area contributed by atoms with Gasteiger partial charge in [0.05, 0.1) is 5.41 Å². The zero-order chi connectivity index (χ0) is 19.9. The molecule has 28 heavy (non-hydrogen) atoms. The number of rotatable bonds is 7. The van der Waals surface area contributed by atoms with E-state index in [2.05, 4.69) is 4.98 Å². The summed E-state index contributed by atoms with van der Waals surface area (Å²) in [5.74, 6) is -1.26. The number of nitrogens with zero attached hydrogens (tertiary/aromatic N) is 2. The van der Waals surface area contributed by atoms with Crippen LogP contribution in [-0.4, -0.2) is 26.9 Å². The van der Waals surface area contributed by atoms with Gasteiger partial charge in [-0.15, -0.1) is 21.5 Å². The molecular weight excluding hydrogens is 384 g/mol. The number of aromatic nitrogens is 1. The summed E-state index contributed by atoms with van der Waals surface area (Å²) in [5, 5.41) is 21.9. The number of carbonyl (C=O) groups is 2. The van der Waals surface area contributed by atoms with Crippen molar-refractivity contribution in [3.05, 3.63) is 74.9 Å². The van der Waals surface area contributed by atoms with E-state index in [1.165, 1.54) is 11.3 Å². The molecule has 1 aliphatic carbocycles. The highest BCUT2D eigenvalue weighted by Gasteiger charge is 2.58. The van der Waals surface area contributed by atoms with E-state index in [1.807, 2.05) is 0 Å². The largest absolute Gasteiger partial charge is 0.481 e. The Labute approximate surface area is 162 Å². The zero-order valence-electron chi connectivity index (χ0n) is 14.4. The predicted octanol–water partition coefficient (Wildman–Crippen LogP) is 3.64. The van der Waals surface area contributed by atoms with Gasteiger partial charge in [0.1, 0.15) is 6.10 Å². The molecule has 1 fully saturated rings. The first-order chi connectivity index (χ1) is 13.4. The zero-order valence-corrected chi connectivity index (χ0v) is 15.2. The van der Waals surface area contributed by atoms with Gasteiger partial charge in [-0.3, -0.25) is 14.6 Å². The SMILES string of the molecule is O=C(c1ccncc1)c1csc2cc(C(O[N+](=O)[O-])C3(C(=O)O)CC3)ccc12. The number of carboxylic acid groups (broad SMARTS) is 1. The fraction of sp³-hybridized carbons (Fsp3) is 0.211. The summed E-state index contributed by atoms with van der Waals surface area (Å²) in [6.45, 7) is 0. The average Bonchev–Trinajstić information content (AvgIpc) is 3.39. The minimum Gasteiger partial charge on any atom is -0.481 e. The smallest absolute Gasteiger partial charge is 0.312 e. The lowest BCUT2D eigenvalue weighted by Crippen LogP contribution is -2.27. The molecule has 4 rings (SSSR count). The Morgan fingerprint density at radius 3 is 2.57 bits per heavy atom. The molecule has 1 aromatic carbocycles. The highest BCUT2D eigenvalue weighted by molar-refractivity contribution is 7.17. The van der Waals surface area contributed by atoms with Gasteiger partial charge in [0.15, 0.2) is 5.78 Å². The van der Waals surface area contributed by atoms with Crippen LogP contribution in [0.25, 0.3) is 10.1 Å². The highest BCUT2D eigenvalue weighted by Crippen LogP contribution is 2.57. The normalized spacial score (nSPS) is 15.7. The maximum Gasteiger partial charge on any atom is 0.312 e. The van der Waals surface area contributed by atoms with Crippen LogP contribution < -0.4 is 0 Å². The maximum atomic E-state index is 12.7. The lowest BCUT2D eigenvalue weighted by atomic mass is 9.92. The molecular formula is C19H14N2O6S. The van der Waals surface area contributed by atoms with Crippen LogP contribution >= 0.6 is 11.3 Å². The molecule has 0 aliphatic heterocycles. The van der Waals surface area contributed by atoms with Gasteiger partial charge in [-0.05, 0) is 36.6 Å². The summed E-state index contributed by atoms with van der Waals surface area (Å²) in [6.07, 6.45) is 2.52. The fourth-order valence-corrected chi connectivity index (χ4v) is 4.32. The van der Waals surface area contributed by atoms with E-state index in [4.69, 9.17) is 4.84 Å². The third-order valence-corrected chi connectivity index (χ3v) is 5.94. The minimum absolute atomic E-state index is 0.149. The van der Waals surface area contributed by atoms with Crippen molar-refractivity contribution in [1.82, 2.24) is 4.98 Å². The highest BCUT2D eigenvalue weighted by atomic mass is 32.1. The van der Waals surface area contributed by atoms with Crippen molar-refractivity contribution in [2.45, 2.75) is 18.9 Å². The van der Waals surface area contributed by atoms with E-state index in [0.717, 1.165) is 4.70 Å². The Morgan fingerprint density at radius 2 is 1.96 bits per heavy atom. The summed E-state index contributed by atoms with van der Waals surface area (Å²) in [5.41, 5.74) is 0.155.